The van der Waals surface area contributed by atoms with E-state index in [1.807, 2.05) is 11.8 Å². The van der Waals surface area contributed by atoms with Crippen molar-refractivity contribution in [2.24, 2.45) is 5.73 Å². The molecule has 1 saturated carbocycles. The van der Waals surface area contributed by atoms with Crippen LogP contribution in [0.2, 0.25) is 0 Å². The van der Waals surface area contributed by atoms with Crippen LogP contribution in [0.4, 0.5) is 0 Å². The number of carbonyl (C=O) groups excluding carboxylic acids is 1. The molecule has 0 heterocycles. The average molecular weight is 210 g/mol. The molecule has 1 aliphatic rings. The number of carbonyl (C=O) groups is 1. The van der Waals surface area contributed by atoms with Gasteiger partial charge in [-0.15, -0.1) is 6.58 Å². The lowest BCUT2D eigenvalue weighted by Crippen LogP contribution is -2.47. The standard InChI is InChI=1S/C12H22N2O/c1-3-9-14(10-7-5-6-8-10)12(15)11(13)4-2/h3,10-11H,1,4-9,13H2,2H3. The monoisotopic (exact) mass is 210 g/mol. The number of rotatable bonds is 5. The molecule has 0 aliphatic heterocycles. The summed E-state index contributed by atoms with van der Waals surface area (Å²) in [5.74, 6) is 0.0873. The third-order valence-corrected chi connectivity index (χ3v) is 3.13. The van der Waals surface area contributed by atoms with Crippen molar-refractivity contribution in [2.45, 2.75) is 51.1 Å². The van der Waals surface area contributed by atoms with Crippen LogP contribution in [0, 0.1) is 0 Å². The fourth-order valence-electron chi connectivity index (χ4n) is 2.16. The topological polar surface area (TPSA) is 46.3 Å². The van der Waals surface area contributed by atoms with Gasteiger partial charge in [-0.25, -0.2) is 0 Å². The van der Waals surface area contributed by atoms with E-state index in [-0.39, 0.29) is 11.9 Å². The van der Waals surface area contributed by atoms with E-state index in [4.69, 9.17) is 5.73 Å². The normalized spacial score (nSPS) is 18.8. The lowest BCUT2D eigenvalue weighted by atomic mass is 10.1. The zero-order valence-electron chi connectivity index (χ0n) is 9.61. The van der Waals surface area contributed by atoms with Crippen LogP contribution >= 0.6 is 0 Å². The molecule has 3 nitrogen and oxygen atoms in total. The highest BCUT2D eigenvalue weighted by molar-refractivity contribution is 5.82. The van der Waals surface area contributed by atoms with Gasteiger partial charge in [0.15, 0.2) is 0 Å². The molecule has 3 heteroatoms. The number of nitrogens with two attached hydrogens (primary N) is 1. The Hall–Kier alpha value is -0.830. The molecule has 1 atom stereocenters. The van der Waals surface area contributed by atoms with Crippen molar-refractivity contribution in [3.05, 3.63) is 12.7 Å². The molecule has 86 valence electrons. The van der Waals surface area contributed by atoms with Gasteiger partial charge in [-0.2, -0.15) is 0 Å². The predicted molar refractivity (Wildman–Crippen MR) is 62.4 cm³/mol. The summed E-state index contributed by atoms with van der Waals surface area (Å²) in [6.45, 7) is 6.29. The van der Waals surface area contributed by atoms with E-state index in [0.29, 0.717) is 19.0 Å². The molecule has 1 unspecified atom stereocenters. The molecule has 0 saturated heterocycles. The predicted octanol–water partition coefficient (Wildman–Crippen LogP) is 1.68. The Kier molecular flexibility index (Phi) is 4.82. The number of hydrogen-bond acceptors (Lipinski definition) is 2. The van der Waals surface area contributed by atoms with Gasteiger partial charge < -0.3 is 10.6 Å². The largest absolute Gasteiger partial charge is 0.335 e. The van der Waals surface area contributed by atoms with E-state index < -0.39 is 0 Å². The zero-order valence-corrected chi connectivity index (χ0v) is 9.61. The summed E-state index contributed by atoms with van der Waals surface area (Å²) in [5.41, 5.74) is 5.79. The van der Waals surface area contributed by atoms with Gasteiger partial charge in [-0.3, -0.25) is 4.79 Å². The van der Waals surface area contributed by atoms with E-state index in [2.05, 4.69) is 6.58 Å². The summed E-state index contributed by atoms with van der Waals surface area (Å²) in [6.07, 6.45) is 7.20. The Labute approximate surface area is 92.3 Å². The molecule has 1 aliphatic carbocycles. The molecule has 1 fully saturated rings. The van der Waals surface area contributed by atoms with Crippen molar-refractivity contribution in [3.63, 3.8) is 0 Å². The first kappa shape index (κ1) is 12.2. The second-order valence-electron chi connectivity index (χ2n) is 4.23. The molecule has 0 bridgehead atoms. The summed E-state index contributed by atoms with van der Waals surface area (Å²) in [4.78, 5) is 13.9. The minimum atomic E-state index is -0.342. The molecule has 15 heavy (non-hydrogen) atoms. The fraction of sp³-hybridized carbons (Fsp3) is 0.750. The van der Waals surface area contributed by atoms with Gasteiger partial charge in [-0.1, -0.05) is 25.8 Å². The quantitative estimate of drug-likeness (QED) is 0.702. The van der Waals surface area contributed by atoms with Crippen LogP contribution in [-0.4, -0.2) is 29.4 Å². The Bertz CT molecular complexity index is 222. The highest BCUT2D eigenvalue weighted by Crippen LogP contribution is 2.24. The molecule has 1 amide bonds. The smallest absolute Gasteiger partial charge is 0.240 e. The molecule has 0 spiro atoms. The van der Waals surface area contributed by atoms with Gasteiger partial charge in [0.2, 0.25) is 5.91 Å². The van der Waals surface area contributed by atoms with Crippen molar-refractivity contribution in [1.29, 1.82) is 0 Å². The minimum absolute atomic E-state index is 0.0873. The summed E-state index contributed by atoms with van der Waals surface area (Å²) >= 11 is 0. The summed E-state index contributed by atoms with van der Waals surface area (Å²) < 4.78 is 0. The molecule has 0 radical (unpaired) electrons. The second-order valence-corrected chi connectivity index (χ2v) is 4.23. The van der Waals surface area contributed by atoms with Crippen LogP contribution in [0.1, 0.15) is 39.0 Å². The molecule has 0 aromatic rings. The van der Waals surface area contributed by atoms with Crippen LogP contribution < -0.4 is 5.73 Å². The lowest BCUT2D eigenvalue weighted by molar-refractivity contribution is -0.134. The van der Waals surface area contributed by atoms with Crippen LogP contribution in [-0.2, 0) is 4.79 Å². The Morgan fingerprint density at radius 3 is 2.67 bits per heavy atom. The van der Waals surface area contributed by atoms with Crippen LogP contribution in [0.15, 0.2) is 12.7 Å². The van der Waals surface area contributed by atoms with Gasteiger partial charge in [0.1, 0.15) is 0 Å². The maximum absolute atomic E-state index is 12.0. The molecule has 0 aromatic carbocycles. The van der Waals surface area contributed by atoms with E-state index in [0.717, 1.165) is 12.8 Å². The van der Waals surface area contributed by atoms with Crippen LogP contribution in [0.3, 0.4) is 0 Å². The van der Waals surface area contributed by atoms with E-state index in [1.54, 1.807) is 6.08 Å². The van der Waals surface area contributed by atoms with Crippen molar-refractivity contribution in [3.8, 4) is 0 Å². The highest BCUT2D eigenvalue weighted by atomic mass is 16.2. The molecule has 2 N–H and O–H groups in total. The lowest BCUT2D eigenvalue weighted by Gasteiger charge is -2.30. The molecular weight excluding hydrogens is 188 g/mol. The van der Waals surface area contributed by atoms with Gasteiger partial charge in [-0.05, 0) is 19.3 Å². The molecular formula is C12H22N2O. The van der Waals surface area contributed by atoms with Crippen LogP contribution in [0.25, 0.3) is 0 Å². The maximum atomic E-state index is 12.0. The Morgan fingerprint density at radius 2 is 2.20 bits per heavy atom. The SMILES string of the molecule is C=CCN(C(=O)C(N)CC)C1CCCC1. The molecule has 1 rings (SSSR count). The van der Waals surface area contributed by atoms with Crippen molar-refractivity contribution >= 4 is 5.91 Å². The Morgan fingerprint density at radius 1 is 1.60 bits per heavy atom. The van der Waals surface area contributed by atoms with Crippen LogP contribution in [0.5, 0.6) is 0 Å². The van der Waals surface area contributed by atoms with Crippen molar-refractivity contribution in [2.75, 3.05) is 6.54 Å². The maximum Gasteiger partial charge on any atom is 0.240 e. The van der Waals surface area contributed by atoms with Crippen molar-refractivity contribution in [1.82, 2.24) is 4.90 Å². The van der Waals surface area contributed by atoms with Gasteiger partial charge in [0.25, 0.3) is 0 Å². The summed E-state index contributed by atoms with van der Waals surface area (Å²) in [6, 6.07) is 0.0543. The average Bonchev–Trinajstić information content (AvgIpc) is 2.77. The first-order chi connectivity index (χ1) is 7.20. The first-order valence-corrected chi connectivity index (χ1v) is 5.87. The summed E-state index contributed by atoms with van der Waals surface area (Å²) in [7, 11) is 0. The van der Waals surface area contributed by atoms with E-state index in [9.17, 15) is 4.79 Å². The van der Waals surface area contributed by atoms with Gasteiger partial charge in [0, 0.05) is 12.6 Å². The van der Waals surface area contributed by atoms with E-state index >= 15 is 0 Å². The third kappa shape index (κ3) is 3.06. The van der Waals surface area contributed by atoms with Gasteiger partial charge >= 0.3 is 0 Å². The number of hydrogen-bond donors (Lipinski definition) is 1. The first-order valence-electron chi connectivity index (χ1n) is 5.87. The van der Waals surface area contributed by atoms with E-state index in [1.165, 1.54) is 12.8 Å². The third-order valence-electron chi connectivity index (χ3n) is 3.13. The van der Waals surface area contributed by atoms with Crippen molar-refractivity contribution < 1.29 is 4.79 Å². The highest BCUT2D eigenvalue weighted by Gasteiger charge is 2.27. The van der Waals surface area contributed by atoms with Gasteiger partial charge in [0.05, 0.1) is 6.04 Å². The molecule has 0 aromatic heterocycles. The second kappa shape index (κ2) is 5.91. The Balaban J connectivity index is 2.62. The number of amides is 1. The number of nitrogens with zero attached hydrogens (tertiary/aromatic N) is 1. The zero-order chi connectivity index (χ0) is 11.3. The fourth-order valence-corrected chi connectivity index (χ4v) is 2.16. The summed E-state index contributed by atoms with van der Waals surface area (Å²) in [5, 5.41) is 0. The minimum Gasteiger partial charge on any atom is -0.335 e.